The molecule has 1 atom stereocenters. The summed E-state index contributed by atoms with van der Waals surface area (Å²) in [5.41, 5.74) is 7.98. The zero-order valence-electron chi connectivity index (χ0n) is 11.2. The third kappa shape index (κ3) is 2.17. The molecule has 0 amide bonds. The number of hydrazone groups is 1. The van der Waals surface area contributed by atoms with E-state index in [4.69, 9.17) is 16.6 Å². The molecule has 1 unspecified atom stereocenters. The van der Waals surface area contributed by atoms with Crippen LogP contribution in [0.25, 0.3) is 0 Å². The van der Waals surface area contributed by atoms with Crippen molar-refractivity contribution >= 4 is 40.6 Å². The largest absolute Gasteiger partial charge is 0.353 e. The highest BCUT2D eigenvalue weighted by atomic mass is 35.5. The van der Waals surface area contributed by atoms with Gasteiger partial charge in [-0.1, -0.05) is 29.8 Å². The third-order valence-electron chi connectivity index (χ3n) is 3.68. The van der Waals surface area contributed by atoms with Gasteiger partial charge in [-0.2, -0.15) is 5.10 Å². The van der Waals surface area contributed by atoms with Crippen LogP contribution in [0.5, 0.6) is 0 Å². The monoisotopic (exact) mass is 296 g/mol. The molecule has 0 saturated carbocycles. The van der Waals surface area contributed by atoms with Crippen molar-refractivity contribution in [3.05, 3.63) is 53.1 Å². The van der Waals surface area contributed by atoms with Gasteiger partial charge in [0.1, 0.15) is 0 Å². The van der Waals surface area contributed by atoms with E-state index in [1.165, 1.54) is 0 Å². The van der Waals surface area contributed by atoms with Gasteiger partial charge in [0, 0.05) is 29.0 Å². The number of aliphatic imine (C=N–C) groups is 1. The van der Waals surface area contributed by atoms with E-state index in [9.17, 15) is 0 Å². The van der Waals surface area contributed by atoms with Gasteiger partial charge in [0.15, 0.2) is 0 Å². The minimum atomic E-state index is 0.165. The fourth-order valence-electron chi connectivity index (χ4n) is 2.65. The van der Waals surface area contributed by atoms with Crippen molar-refractivity contribution in [2.45, 2.75) is 0 Å². The first kappa shape index (κ1) is 12.4. The maximum Gasteiger partial charge on any atom is 0.0883 e. The fraction of sp³-hybridized carbons (Fsp3) is 0.125. The number of nitrogens with one attached hydrogen (secondary N) is 2. The summed E-state index contributed by atoms with van der Waals surface area (Å²) in [4.78, 5) is 4.86. The van der Waals surface area contributed by atoms with Gasteiger partial charge < -0.3 is 10.7 Å². The lowest BCUT2D eigenvalue weighted by atomic mass is 9.96. The molecule has 2 aliphatic heterocycles. The smallest absolute Gasteiger partial charge is 0.0883 e. The molecule has 0 saturated heterocycles. The molecule has 4 rings (SSSR count). The lowest BCUT2D eigenvalue weighted by Crippen LogP contribution is -2.21. The molecular weight excluding hydrogens is 284 g/mol. The van der Waals surface area contributed by atoms with Crippen LogP contribution in [0.2, 0.25) is 5.02 Å². The Bertz CT molecular complexity index is 767. The minimum absolute atomic E-state index is 0.165. The number of fused-ring (bicyclic) bond motifs is 2. The Labute approximate surface area is 127 Å². The molecule has 0 fully saturated rings. The Morgan fingerprint density at radius 1 is 1.10 bits per heavy atom. The van der Waals surface area contributed by atoms with Crippen molar-refractivity contribution in [3.8, 4) is 0 Å². The number of halogens is 1. The quantitative estimate of drug-likeness (QED) is 0.842. The van der Waals surface area contributed by atoms with Gasteiger partial charge in [-0.25, -0.2) is 4.99 Å². The molecule has 2 heterocycles. The summed E-state index contributed by atoms with van der Waals surface area (Å²) in [6, 6.07) is 13.9. The molecule has 0 radical (unpaired) electrons. The molecule has 0 spiro atoms. The van der Waals surface area contributed by atoms with Crippen molar-refractivity contribution in [1.29, 1.82) is 0 Å². The fourth-order valence-corrected chi connectivity index (χ4v) is 2.82. The third-order valence-corrected chi connectivity index (χ3v) is 3.92. The molecule has 104 valence electrons. The van der Waals surface area contributed by atoms with E-state index in [-0.39, 0.29) is 5.92 Å². The Morgan fingerprint density at radius 2 is 2.00 bits per heavy atom. The van der Waals surface area contributed by atoms with Crippen LogP contribution in [0, 0.1) is 5.92 Å². The number of para-hydroxylation sites is 1. The normalized spacial score (nSPS) is 18.9. The molecule has 0 aromatic heterocycles. The second-order valence-electron chi connectivity index (χ2n) is 5.08. The zero-order valence-corrected chi connectivity index (χ0v) is 11.9. The molecule has 5 heteroatoms. The van der Waals surface area contributed by atoms with E-state index in [1.807, 2.05) is 36.5 Å². The predicted octanol–water partition coefficient (Wildman–Crippen LogP) is 3.72. The summed E-state index contributed by atoms with van der Waals surface area (Å²) in [6.45, 7) is 0.767. The summed E-state index contributed by atoms with van der Waals surface area (Å²) in [6.07, 6.45) is 1.91. The molecule has 21 heavy (non-hydrogen) atoms. The van der Waals surface area contributed by atoms with Crippen molar-refractivity contribution < 1.29 is 0 Å². The highest BCUT2D eigenvalue weighted by Crippen LogP contribution is 2.37. The first-order chi connectivity index (χ1) is 10.3. The van der Waals surface area contributed by atoms with Crippen LogP contribution < -0.4 is 10.7 Å². The lowest BCUT2D eigenvalue weighted by molar-refractivity contribution is 0.768. The van der Waals surface area contributed by atoms with E-state index < -0.39 is 0 Å². The van der Waals surface area contributed by atoms with Crippen molar-refractivity contribution in [2.75, 3.05) is 11.9 Å². The average Bonchev–Trinajstić information content (AvgIpc) is 2.97. The van der Waals surface area contributed by atoms with Gasteiger partial charge in [-0.15, -0.1) is 0 Å². The number of benzene rings is 2. The maximum atomic E-state index is 6.11. The van der Waals surface area contributed by atoms with Crippen LogP contribution in [0.3, 0.4) is 0 Å². The molecule has 2 aromatic carbocycles. The second-order valence-corrected chi connectivity index (χ2v) is 5.51. The first-order valence-electron chi connectivity index (χ1n) is 6.82. The van der Waals surface area contributed by atoms with Gasteiger partial charge >= 0.3 is 0 Å². The summed E-state index contributed by atoms with van der Waals surface area (Å²) in [5, 5.41) is 8.24. The van der Waals surface area contributed by atoms with Crippen LogP contribution in [-0.2, 0) is 0 Å². The molecule has 0 bridgehead atoms. The van der Waals surface area contributed by atoms with Crippen LogP contribution >= 0.6 is 11.6 Å². The summed E-state index contributed by atoms with van der Waals surface area (Å²) in [7, 11) is 0. The van der Waals surface area contributed by atoms with Crippen LogP contribution in [-0.4, -0.2) is 18.5 Å². The number of rotatable bonds is 1. The van der Waals surface area contributed by atoms with E-state index in [1.54, 1.807) is 0 Å². The topological polar surface area (TPSA) is 48.8 Å². The summed E-state index contributed by atoms with van der Waals surface area (Å²) in [5.74, 6) is 0.165. The van der Waals surface area contributed by atoms with E-state index in [0.717, 1.165) is 34.9 Å². The standard InChI is InChI=1S/C16H13ClN4/c17-11-5-6-14-15(7-11)21-16(10-8-18-19-9-10)12-3-1-2-4-13(12)20-14/h1-8,10,19-20H,9H2. The summed E-state index contributed by atoms with van der Waals surface area (Å²) < 4.78 is 0. The van der Waals surface area contributed by atoms with E-state index >= 15 is 0 Å². The molecular formula is C16H13ClN4. The number of hydrogen-bond donors (Lipinski definition) is 2. The van der Waals surface area contributed by atoms with Gasteiger partial charge in [-0.05, 0) is 24.3 Å². The van der Waals surface area contributed by atoms with Crippen LogP contribution in [0.1, 0.15) is 5.56 Å². The Kier molecular flexibility index (Phi) is 2.89. The van der Waals surface area contributed by atoms with E-state index in [0.29, 0.717) is 5.02 Å². The number of nitrogens with zero attached hydrogens (tertiary/aromatic N) is 2. The molecule has 0 aliphatic carbocycles. The van der Waals surface area contributed by atoms with Gasteiger partial charge in [-0.3, -0.25) is 0 Å². The zero-order chi connectivity index (χ0) is 14.2. The molecule has 2 aromatic rings. The maximum absolute atomic E-state index is 6.11. The van der Waals surface area contributed by atoms with Crippen molar-refractivity contribution in [1.82, 2.24) is 5.43 Å². The van der Waals surface area contributed by atoms with Gasteiger partial charge in [0.25, 0.3) is 0 Å². The number of hydrogen-bond acceptors (Lipinski definition) is 4. The van der Waals surface area contributed by atoms with Crippen molar-refractivity contribution in [3.63, 3.8) is 0 Å². The molecule has 2 aliphatic rings. The summed E-state index contributed by atoms with van der Waals surface area (Å²) >= 11 is 6.11. The Morgan fingerprint density at radius 3 is 2.86 bits per heavy atom. The average molecular weight is 297 g/mol. The van der Waals surface area contributed by atoms with E-state index in [2.05, 4.69) is 28.0 Å². The predicted molar refractivity (Wildman–Crippen MR) is 87.4 cm³/mol. The molecule has 4 nitrogen and oxygen atoms in total. The lowest BCUT2D eigenvalue weighted by Gasteiger charge is -2.12. The SMILES string of the molecule is Clc1ccc2c(c1)N=C(C1C=NNC1)c1ccccc1N2. The number of anilines is 2. The second kappa shape index (κ2) is 4.90. The Balaban J connectivity index is 1.94. The van der Waals surface area contributed by atoms with Gasteiger partial charge in [0.2, 0.25) is 0 Å². The minimum Gasteiger partial charge on any atom is -0.353 e. The molecule has 2 N–H and O–H groups in total. The first-order valence-corrected chi connectivity index (χ1v) is 7.20. The van der Waals surface area contributed by atoms with Gasteiger partial charge in [0.05, 0.1) is 23.0 Å². The van der Waals surface area contributed by atoms with Crippen LogP contribution in [0.15, 0.2) is 52.6 Å². The van der Waals surface area contributed by atoms with Crippen molar-refractivity contribution in [2.24, 2.45) is 16.0 Å². The highest BCUT2D eigenvalue weighted by Gasteiger charge is 2.24. The Hall–Kier alpha value is -2.33. The van der Waals surface area contributed by atoms with Crippen LogP contribution in [0.4, 0.5) is 17.1 Å². The highest BCUT2D eigenvalue weighted by molar-refractivity contribution is 6.31.